The predicted octanol–water partition coefficient (Wildman–Crippen LogP) is 2.70. The molecule has 1 aliphatic heterocycles. The minimum atomic E-state index is -3.31. The van der Waals surface area contributed by atoms with E-state index in [9.17, 15) is 8.42 Å². The van der Waals surface area contributed by atoms with Gasteiger partial charge in [0.05, 0.1) is 9.89 Å². The Morgan fingerprint density at radius 3 is 2.61 bits per heavy atom. The third kappa shape index (κ3) is 3.14. The molecule has 4 nitrogen and oxygen atoms in total. The molecule has 0 saturated carbocycles. The van der Waals surface area contributed by atoms with Crippen LogP contribution in [0.25, 0.3) is 0 Å². The van der Waals surface area contributed by atoms with Gasteiger partial charge >= 0.3 is 0 Å². The lowest BCUT2D eigenvalue weighted by atomic mass is 10.1. The van der Waals surface area contributed by atoms with Crippen molar-refractivity contribution in [1.82, 2.24) is 4.31 Å². The van der Waals surface area contributed by atoms with Gasteiger partial charge in [-0.25, -0.2) is 8.42 Å². The lowest BCUT2D eigenvalue weighted by molar-refractivity contribution is 0.0290. The average Bonchev–Trinajstić information content (AvgIpc) is 2.78. The van der Waals surface area contributed by atoms with Gasteiger partial charge in [0, 0.05) is 19.7 Å². The first-order valence-corrected chi connectivity index (χ1v) is 8.96. The van der Waals surface area contributed by atoms with Crippen molar-refractivity contribution in [3.05, 3.63) is 15.9 Å². The molecule has 0 unspecified atom stereocenters. The Labute approximate surface area is 120 Å². The molecule has 0 spiro atoms. The lowest BCUT2D eigenvalue weighted by Crippen LogP contribution is -2.40. The van der Waals surface area contributed by atoms with Crippen molar-refractivity contribution < 1.29 is 13.2 Å². The van der Waals surface area contributed by atoms with E-state index in [1.165, 1.54) is 11.3 Å². The fraction of sp³-hybridized carbons (Fsp3) is 0.636. The molecule has 1 aromatic rings. The number of sulfonamides is 1. The number of thiophene rings is 1. The van der Waals surface area contributed by atoms with Crippen LogP contribution >= 0.6 is 27.3 Å². The summed E-state index contributed by atoms with van der Waals surface area (Å²) < 4.78 is 33.0. The van der Waals surface area contributed by atoms with Crippen molar-refractivity contribution in [1.29, 1.82) is 0 Å². The summed E-state index contributed by atoms with van der Waals surface area (Å²) in [6, 6.07) is 3.42. The monoisotopic (exact) mass is 353 g/mol. The van der Waals surface area contributed by atoms with Crippen LogP contribution in [-0.4, -0.2) is 38.5 Å². The summed E-state index contributed by atoms with van der Waals surface area (Å²) in [5.41, 5.74) is 0. The summed E-state index contributed by atoms with van der Waals surface area (Å²) in [6.45, 7) is 3.74. The number of rotatable bonds is 4. The van der Waals surface area contributed by atoms with E-state index in [4.69, 9.17) is 4.74 Å². The van der Waals surface area contributed by atoms with Gasteiger partial charge < -0.3 is 4.74 Å². The smallest absolute Gasteiger partial charge is 0.252 e. The highest BCUT2D eigenvalue weighted by atomic mass is 79.9. The standard InChI is InChI=1S/C11H16BrNO3S2/c1-2-16-9-5-7-13(8-6-9)18(14,15)11-4-3-10(12)17-11/h3-4,9H,2,5-8H2,1H3. The maximum Gasteiger partial charge on any atom is 0.252 e. The summed E-state index contributed by atoms with van der Waals surface area (Å²) in [5, 5.41) is 0. The van der Waals surface area contributed by atoms with Crippen molar-refractivity contribution in [3.63, 3.8) is 0 Å². The number of halogens is 1. The van der Waals surface area contributed by atoms with E-state index < -0.39 is 10.0 Å². The van der Waals surface area contributed by atoms with E-state index in [1.807, 2.05) is 6.92 Å². The van der Waals surface area contributed by atoms with Gasteiger partial charge in [0.25, 0.3) is 10.0 Å². The Balaban J connectivity index is 2.05. The Morgan fingerprint density at radius 1 is 1.44 bits per heavy atom. The molecular weight excluding hydrogens is 338 g/mol. The molecule has 102 valence electrons. The topological polar surface area (TPSA) is 46.6 Å². The molecule has 1 fully saturated rings. The summed E-state index contributed by atoms with van der Waals surface area (Å²) in [6.07, 6.45) is 1.76. The second-order valence-electron chi connectivity index (χ2n) is 4.12. The third-order valence-electron chi connectivity index (χ3n) is 2.95. The Kier molecular flexibility index (Phi) is 4.82. The molecule has 18 heavy (non-hydrogen) atoms. The average molecular weight is 354 g/mol. The quantitative estimate of drug-likeness (QED) is 0.835. The van der Waals surface area contributed by atoms with Crippen LogP contribution in [0.4, 0.5) is 0 Å². The Morgan fingerprint density at radius 2 is 2.11 bits per heavy atom. The second kappa shape index (κ2) is 6.00. The first kappa shape index (κ1) is 14.5. The van der Waals surface area contributed by atoms with E-state index in [2.05, 4.69) is 15.9 Å². The first-order chi connectivity index (χ1) is 8.54. The maximum absolute atomic E-state index is 12.3. The zero-order valence-corrected chi connectivity index (χ0v) is 13.4. The molecule has 0 amide bonds. The van der Waals surface area contributed by atoms with Crippen molar-refractivity contribution >= 4 is 37.3 Å². The van der Waals surface area contributed by atoms with Crippen molar-refractivity contribution in [2.45, 2.75) is 30.1 Å². The van der Waals surface area contributed by atoms with Crippen LogP contribution < -0.4 is 0 Å². The molecule has 0 atom stereocenters. The van der Waals surface area contributed by atoms with Gasteiger partial charge in [-0.3, -0.25) is 0 Å². The molecule has 2 heterocycles. The fourth-order valence-corrected chi connectivity index (χ4v) is 5.67. The molecule has 0 aromatic carbocycles. The van der Waals surface area contributed by atoms with E-state index in [1.54, 1.807) is 16.4 Å². The lowest BCUT2D eigenvalue weighted by Gasteiger charge is -2.30. The van der Waals surface area contributed by atoms with Gasteiger partial charge in [-0.15, -0.1) is 11.3 Å². The van der Waals surface area contributed by atoms with E-state index in [0.29, 0.717) is 23.9 Å². The van der Waals surface area contributed by atoms with Crippen LogP contribution in [0.15, 0.2) is 20.1 Å². The minimum Gasteiger partial charge on any atom is -0.378 e. The van der Waals surface area contributed by atoms with E-state index >= 15 is 0 Å². The predicted molar refractivity (Wildman–Crippen MR) is 75.4 cm³/mol. The van der Waals surface area contributed by atoms with Crippen LogP contribution in [-0.2, 0) is 14.8 Å². The number of hydrogen-bond acceptors (Lipinski definition) is 4. The van der Waals surface area contributed by atoms with Gasteiger partial charge in [-0.05, 0) is 47.8 Å². The molecule has 0 bridgehead atoms. The normalized spacial score (nSPS) is 19.2. The number of ether oxygens (including phenoxy) is 1. The van der Waals surface area contributed by atoms with Gasteiger partial charge in [-0.2, -0.15) is 4.31 Å². The number of piperidine rings is 1. The van der Waals surface area contributed by atoms with Crippen LogP contribution in [0, 0.1) is 0 Å². The molecule has 1 aliphatic rings. The summed E-state index contributed by atoms with van der Waals surface area (Å²) in [7, 11) is -3.31. The molecule has 1 saturated heterocycles. The van der Waals surface area contributed by atoms with E-state index in [-0.39, 0.29) is 6.10 Å². The van der Waals surface area contributed by atoms with Crippen molar-refractivity contribution in [2.75, 3.05) is 19.7 Å². The van der Waals surface area contributed by atoms with Crippen LogP contribution in [0.5, 0.6) is 0 Å². The van der Waals surface area contributed by atoms with E-state index in [0.717, 1.165) is 16.6 Å². The number of hydrogen-bond donors (Lipinski definition) is 0. The Bertz CT molecular complexity index is 492. The minimum absolute atomic E-state index is 0.205. The van der Waals surface area contributed by atoms with Crippen LogP contribution in [0.1, 0.15) is 19.8 Å². The molecule has 1 aromatic heterocycles. The van der Waals surface area contributed by atoms with Gasteiger partial charge in [0.15, 0.2) is 0 Å². The van der Waals surface area contributed by atoms with Gasteiger partial charge in [-0.1, -0.05) is 0 Å². The highest BCUT2D eigenvalue weighted by molar-refractivity contribution is 9.11. The second-order valence-corrected chi connectivity index (χ2v) is 8.75. The van der Waals surface area contributed by atoms with Gasteiger partial charge in [0.2, 0.25) is 0 Å². The number of nitrogens with zero attached hydrogens (tertiary/aromatic N) is 1. The highest BCUT2D eigenvalue weighted by Gasteiger charge is 2.30. The van der Waals surface area contributed by atoms with Crippen LogP contribution in [0.3, 0.4) is 0 Å². The van der Waals surface area contributed by atoms with Crippen LogP contribution in [0.2, 0.25) is 0 Å². The molecule has 0 N–H and O–H groups in total. The highest BCUT2D eigenvalue weighted by Crippen LogP contribution is 2.30. The van der Waals surface area contributed by atoms with Gasteiger partial charge in [0.1, 0.15) is 4.21 Å². The zero-order chi connectivity index (χ0) is 13.2. The summed E-state index contributed by atoms with van der Waals surface area (Å²) in [5.74, 6) is 0. The first-order valence-electron chi connectivity index (χ1n) is 5.91. The fourth-order valence-electron chi connectivity index (χ4n) is 2.04. The molecule has 0 aliphatic carbocycles. The SMILES string of the molecule is CCOC1CCN(S(=O)(=O)c2ccc(Br)s2)CC1. The summed E-state index contributed by atoms with van der Waals surface area (Å²) in [4.78, 5) is 0. The largest absolute Gasteiger partial charge is 0.378 e. The zero-order valence-electron chi connectivity index (χ0n) is 10.1. The summed E-state index contributed by atoms with van der Waals surface area (Å²) >= 11 is 4.55. The van der Waals surface area contributed by atoms with Crippen molar-refractivity contribution in [3.8, 4) is 0 Å². The third-order valence-corrected chi connectivity index (χ3v) is 6.94. The maximum atomic E-state index is 12.3. The Hall–Kier alpha value is 0.0500. The van der Waals surface area contributed by atoms with Crippen molar-refractivity contribution in [2.24, 2.45) is 0 Å². The molecule has 2 rings (SSSR count). The molecular formula is C11H16BrNO3S2. The molecule has 0 radical (unpaired) electrons. The molecule has 7 heteroatoms.